The van der Waals surface area contributed by atoms with Gasteiger partial charge >= 0.3 is 0 Å². The molecule has 2 heterocycles. The van der Waals surface area contributed by atoms with Crippen LogP contribution in [0.25, 0.3) is 32.0 Å². The maximum absolute atomic E-state index is 2.45. The van der Waals surface area contributed by atoms with E-state index >= 15 is 0 Å². The zero-order valence-electron chi connectivity index (χ0n) is 31.2. The van der Waals surface area contributed by atoms with Crippen LogP contribution in [0.15, 0.2) is 182 Å². The molecular formula is C51H42N2S2. The van der Waals surface area contributed by atoms with E-state index in [1.807, 2.05) is 22.7 Å². The second-order valence-corrected chi connectivity index (χ2v) is 16.6. The first-order valence-corrected chi connectivity index (χ1v) is 20.7. The Morgan fingerprint density at radius 2 is 0.655 bits per heavy atom. The van der Waals surface area contributed by atoms with Gasteiger partial charge in [0, 0.05) is 53.6 Å². The van der Waals surface area contributed by atoms with Gasteiger partial charge in [-0.2, -0.15) is 0 Å². The molecule has 1 aliphatic carbocycles. The fourth-order valence-electron chi connectivity index (χ4n) is 7.94. The molecular weight excluding hydrogens is 705 g/mol. The third-order valence-corrected chi connectivity index (χ3v) is 12.8. The second kappa shape index (κ2) is 15.4. The predicted molar refractivity (Wildman–Crippen MR) is 239 cm³/mol. The number of hydrogen-bond donors (Lipinski definition) is 0. The molecule has 0 aliphatic heterocycles. The summed E-state index contributed by atoms with van der Waals surface area (Å²) in [5.74, 6) is 0. The van der Waals surface area contributed by atoms with Gasteiger partial charge in [-0.1, -0.05) is 97.1 Å². The van der Waals surface area contributed by atoms with Gasteiger partial charge in [-0.25, -0.2) is 0 Å². The number of nitrogens with zero attached hydrogens (tertiary/aromatic N) is 2. The van der Waals surface area contributed by atoms with Gasteiger partial charge in [-0.3, -0.25) is 0 Å². The fourth-order valence-corrected chi connectivity index (χ4v) is 10.0. The van der Waals surface area contributed by atoms with Crippen LogP contribution < -0.4 is 9.80 Å². The molecule has 0 fully saturated rings. The lowest BCUT2D eigenvalue weighted by Gasteiger charge is -2.25. The molecule has 9 rings (SSSR count). The summed E-state index contributed by atoms with van der Waals surface area (Å²) in [7, 11) is 0. The first-order valence-electron chi connectivity index (χ1n) is 19.1. The molecule has 0 atom stereocenters. The van der Waals surface area contributed by atoms with Gasteiger partial charge < -0.3 is 9.80 Å². The molecule has 0 saturated carbocycles. The third-order valence-electron chi connectivity index (χ3n) is 10.6. The highest BCUT2D eigenvalue weighted by Gasteiger charge is 2.24. The van der Waals surface area contributed by atoms with Gasteiger partial charge in [0.05, 0.1) is 0 Å². The summed E-state index contributed by atoms with van der Waals surface area (Å²) >= 11 is 3.83. The second-order valence-electron chi connectivity index (χ2n) is 14.1. The van der Waals surface area contributed by atoms with Crippen LogP contribution in [0.1, 0.15) is 40.1 Å². The smallest absolute Gasteiger partial charge is 0.0462 e. The van der Waals surface area contributed by atoms with E-state index in [4.69, 9.17) is 0 Å². The minimum Gasteiger partial charge on any atom is -0.311 e. The number of allylic oxidation sites excluding steroid dienone is 2. The molecule has 2 aromatic heterocycles. The van der Waals surface area contributed by atoms with E-state index in [0.717, 1.165) is 47.0 Å². The lowest BCUT2D eigenvalue weighted by molar-refractivity contribution is 0.941. The zero-order valence-corrected chi connectivity index (χ0v) is 32.8. The number of aryl methyl sites for hydroxylation is 2. The molecule has 0 radical (unpaired) electrons. The fraction of sp³-hybridized carbons (Fsp3) is 0.0980. The number of thiophene rings is 2. The average molecular weight is 747 g/mol. The zero-order chi connectivity index (χ0) is 37.1. The Balaban J connectivity index is 0.994. The quantitative estimate of drug-likeness (QED) is 0.137. The summed E-state index contributed by atoms with van der Waals surface area (Å²) in [5.41, 5.74) is 15.3. The molecule has 4 heteroatoms. The first-order chi connectivity index (χ1) is 27.1. The van der Waals surface area contributed by atoms with Crippen molar-refractivity contribution in [1.82, 2.24) is 0 Å². The van der Waals surface area contributed by atoms with E-state index in [2.05, 4.69) is 206 Å². The van der Waals surface area contributed by atoms with Crippen molar-refractivity contribution < 1.29 is 0 Å². The number of benzene rings is 6. The standard InChI is InChI=1S/C51H42N2S2/c1-36-48(34-50(54-36)38-26-30-44(31-27-38)52(40-16-7-3-8-17-40)41-18-9-4-10-19-41)46-24-15-25-47(46)49-35-51(55-37(49)2)39-28-32-45(33-29-39)53(42-20-11-5-12-21-42)43-22-13-6-14-23-43/h3-14,16-23,26-35H,15,24-25H2,1-2H3. The predicted octanol–water partition coefficient (Wildman–Crippen LogP) is 15.8. The molecule has 0 bridgehead atoms. The van der Waals surface area contributed by atoms with Crippen molar-refractivity contribution in [3.63, 3.8) is 0 Å². The van der Waals surface area contributed by atoms with Crippen molar-refractivity contribution in [3.8, 4) is 20.9 Å². The van der Waals surface area contributed by atoms with E-state index in [9.17, 15) is 0 Å². The van der Waals surface area contributed by atoms with Crippen molar-refractivity contribution in [2.24, 2.45) is 0 Å². The van der Waals surface area contributed by atoms with E-state index in [1.165, 1.54) is 59.3 Å². The summed E-state index contributed by atoms with van der Waals surface area (Å²) in [4.78, 5) is 10.1. The number of anilines is 6. The highest BCUT2D eigenvalue weighted by molar-refractivity contribution is 7.16. The Kier molecular flexibility index (Phi) is 9.76. The average Bonchev–Trinajstić information content (AvgIpc) is 3.98. The molecule has 0 spiro atoms. The van der Waals surface area contributed by atoms with Gasteiger partial charge in [-0.05, 0) is 151 Å². The number of hydrogen-bond acceptors (Lipinski definition) is 4. The molecule has 0 N–H and O–H groups in total. The number of para-hydroxylation sites is 4. The van der Waals surface area contributed by atoms with Crippen LogP contribution >= 0.6 is 22.7 Å². The molecule has 1 aliphatic rings. The van der Waals surface area contributed by atoms with Gasteiger partial charge in [0.25, 0.3) is 0 Å². The van der Waals surface area contributed by atoms with Gasteiger partial charge in [0.1, 0.15) is 0 Å². The Labute approximate surface area is 332 Å². The Morgan fingerprint density at radius 1 is 0.364 bits per heavy atom. The van der Waals surface area contributed by atoms with E-state index in [0.29, 0.717) is 0 Å². The summed E-state index contributed by atoms with van der Waals surface area (Å²) in [6, 6.07) is 65.5. The van der Waals surface area contributed by atoms with Crippen molar-refractivity contribution in [1.29, 1.82) is 0 Å². The van der Waals surface area contributed by atoms with Crippen LogP contribution in [0.5, 0.6) is 0 Å². The van der Waals surface area contributed by atoms with E-state index in [1.54, 1.807) is 0 Å². The van der Waals surface area contributed by atoms with E-state index < -0.39 is 0 Å². The third kappa shape index (κ3) is 7.07. The Morgan fingerprint density at radius 3 is 0.964 bits per heavy atom. The van der Waals surface area contributed by atoms with Gasteiger partial charge in [-0.15, -0.1) is 22.7 Å². The molecule has 268 valence electrons. The van der Waals surface area contributed by atoms with Gasteiger partial charge in [0.2, 0.25) is 0 Å². The Hall–Kier alpha value is -5.94. The number of rotatable bonds is 10. The Bertz CT molecular complexity index is 2290. The monoisotopic (exact) mass is 746 g/mol. The molecule has 0 amide bonds. The highest BCUT2D eigenvalue weighted by atomic mass is 32.1. The van der Waals surface area contributed by atoms with Crippen molar-refractivity contribution >= 4 is 67.9 Å². The molecule has 8 aromatic rings. The van der Waals surface area contributed by atoms with Crippen LogP contribution in [-0.2, 0) is 0 Å². The van der Waals surface area contributed by atoms with Crippen LogP contribution in [0.4, 0.5) is 34.1 Å². The molecule has 0 saturated heterocycles. The maximum Gasteiger partial charge on any atom is 0.0462 e. The highest BCUT2D eigenvalue weighted by Crippen LogP contribution is 2.48. The summed E-state index contributed by atoms with van der Waals surface area (Å²) in [6.07, 6.45) is 3.46. The molecule has 55 heavy (non-hydrogen) atoms. The SMILES string of the molecule is Cc1sc(-c2ccc(N(c3ccccc3)c3ccccc3)cc2)cc1C1=C(c2cc(-c3ccc(N(c4ccccc4)c4ccccc4)cc3)sc2C)CCC1. The minimum atomic E-state index is 1.13. The first kappa shape index (κ1) is 34.8. The van der Waals surface area contributed by atoms with E-state index in [-0.39, 0.29) is 0 Å². The maximum atomic E-state index is 2.45. The molecule has 0 unspecified atom stereocenters. The summed E-state index contributed by atoms with van der Waals surface area (Å²) in [6.45, 7) is 4.60. The molecule has 6 aromatic carbocycles. The van der Waals surface area contributed by atoms with Crippen molar-refractivity contribution in [2.45, 2.75) is 33.1 Å². The normalized spacial score (nSPS) is 12.6. The topological polar surface area (TPSA) is 6.48 Å². The lowest BCUT2D eigenvalue weighted by Crippen LogP contribution is -2.09. The van der Waals surface area contributed by atoms with Crippen molar-refractivity contribution in [2.75, 3.05) is 9.80 Å². The molecule has 2 nitrogen and oxygen atoms in total. The van der Waals surface area contributed by atoms with Crippen molar-refractivity contribution in [3.05, 3.63) is 203 Å². The van der Waals surface area contributed by atoms with Gasteiger partial charge in [0.15, 0.2) is 0 Å². The van der Waals surface area contributed by atoms with Crippen LogP contribution in [0.3, 0.4) is 0 Å². The minimum absolute atomic E-state index is 1.13. The van der Waals surface area contributed by atoms with Crippen LogP contribution in [0, 0.1) is 13.8 Å². The summed E-state index contributed by atoms with van der Waals surface area (Å²) < 4.78 is 0. The largest absolute Gasteiger partial charge is 0.311 e. The summed E-state index contributed by atoms with van der Waals surface area (Å²) in [5, 5.41) is 0. The van der Waals surface area contributed by atoms with Crippen LogP contribution in [0.2, 0.25) is 0 Å². The van der Waals surface area contributed by atoms with Crippen LogP contribution in [-0.4, -0.2) is 0 Å². The lowest BCUT2D eigenvalue weighted by atomic mass is 9.96.